The summed E-state index contributed by atoms with van der Waals surface area (Å²) in [5.74, 6) is 0. The van der Waals surface area contributed by atoms with Crippen LogP contribution in [0.3, 0.4) is 0 Å². The Morgan fingerprint density at radius 3 is 2.42 bits per heavy atom. The normalized spacial score (nSPS) is 10.5. The summed E-state index contributed by atoms with van der Waals surface area (Å²) in [5.41, 5.74) is 4.23. The number of anilines is 1. The van der Waals surface area contributed by atoms with Gasteiger partial charge in [-0.2, -0.15) is 0 Å². The fraction of sp³-hybridized carbons (Fsp3) is 0.250. The Morgan fingerprint density at radius 2 is 1.79 bits per heavy atom. The number of nitrogens with zero attached hydrogens (tertiary/aromatic N) is 1. The van der Waals surface area contributed by atoms with Gasteiger partial charge in [-0.1, -0.05) is 47.5 Å². The Hall–Kier alpha value is -1.51. The number of aryl methyl sites for hydroxylation is 1. The molecule has 0 atom stereocenters. The van der Waals surface area contributed by atoms with Crippen LogP contribution < -0.4 is 4.90 Å². The van der Waals surface area contributed by atoms with E-state index in [1.165, 1.54) is 11.1 Å². The van der Waals surface area contributed by atoms with Crippen molar-refractivity contribution in [1.82, 2.24) is 0 Å². The lowest BCUT2D eigenvalue weighted by Crippen LogP contribution is -2.18. The summed E-state index contributed by atoms with van der Waals surface area (Å²) in [7, 11) is 2.00. The van der Waals surface area contributed by atoms with Crippen LogP contribution in [0.25, 0.3) is 0 Å². The van der Waals surface area contributed by atoms with E-state index in [0.29, 0.717) is 5.02 Å². The van der Waals surface area contributed by atoms with E-state index in [2.05, 4.69) is 36.1 Å². The average molecular weight is 276 g/mol. The zero-order chi connectivity index (χ0) is 13.8. The minimum atomic E-state index is -0.0484. The van der Waals surface area contributed by atoms with E-state index >= 15 is 0 Å². The van der Waals surface area contributed by atoms with Crippen molar-refractivity contribution in [2.24, 2.45) is 0 Å². The van der Waals surface area contributed by atoms with Gasteiger partial charge in [0.1, 0.15) is 0 Å². The van der Waals surface area contributed by atoms with Crippen LogP contribution in [-0.2, 0) is 13.2 Å². The topological polar surface area (TPSA) is 23.5 Å². The monoisotopic (exact) mass is 275 g/mol. The molecule has 2 aromatic rings. The maximum absolute atomic E-state index is 9.44. The molecule has 0 spiro atoms. The largest absolute Gasteiger partial charge is 0.392 e. The van der Waals surface area contributed by atoms with Crippen LogP contribution in [0.4, 0.5) is 5.69 Å². The van der Waals surface area contributed by atoms with Gasteiger partial charge in [-0.3, -0.25) is 0 Å². The number of aliphatic hydroxyl groups excluding tert-OH is 1. The molecule has 0 radical (unpaired) electrons. The molecule has 0 bridgehead atoms. The Morgan fingerprint density at radius 1 is 1.11 bits per heavy atom. The molecule has 2 nitrogen and oxygen atoms in total. The van der Waals surface area contributed by atoms with Crippen molar-refractivity contribution in [1.29, 1.82) is 0 Å². The maximum Gasteiger partial charge on any atom is 0.0716 e. The molecular formula is C16H18ClNO. The SMILES string of the molecule is Cc1ccc(CN(C)c2cccc(Cl)c2CO)cc1. The minimum absolute atomic E-state index is 0.0484. The molecule has 0 fully saturated rings. The van der Waals surface area contributed by atoms with E-state index in [4.69, 9.17) is 11.6 Å². The van der Waals surface area contributed by atoms with Gasteiger partial charge >= 0.3 is 0 Å². The molecule has 0 aliphatic rings. The summed E-state index contributed by atoms with van der Waals surface area (Å²) in [6.07, 6.45) is 0. The molecule has 100 valence electrons. The first-order valence-electron chi connectivity index (χ1n) is 6.26. The summed E-state index contributed by atoms with van der Waals surface area (Å²) >= 11 is 6.11. The van der Waals surface area contributed by atoms with Crippen LogP contribution in [0.1, 0.15) is 16.7 Å². The molecule has 0 aliphatic heterocycles. The molecule has 2 rings (SSSR count). The predicted molar refractivity (Wildman–Crippen MR) is 80.7 cm³/mol. The van der Waals surface area contributed by atoms with Crippen molar-refractivity contribution in [3.05, 3.63) is 64.2 Å². The van der Waals surface area contributed by atoms with Crippen molar-refractivity contribution in [3.8, 4) is 0 Å². The number of halogens is 1. The van der Waals surface area contributed by atoms with Gasteiger partial charge in [-0.05, 0) is 24.6 Å². The Bertz CT molecular complexity index is 551. The first-order chi connectivity index (χ1) is 9.11. The third kappa shape index (κ3) is 3.28. The molecule has 19 heavy (non-hydrogen) atoms. The molecule has 0 unspecified atom stereocenters. The van der Waals surface area contributed by atoms with Crippen molar-refractivity contribution >= 4 is 17.3 Å². The molecular weight excluding hydrogens is 258 g/mol. The summed E-state index contributed by atoms with van der Waals surface area (Å²) in [5, 5.41) is 10.0. The van der Waals surface area contributed by atoms with Gasteiger partial charge in [0.15, 0.2) is 0 Å². The van der Waals surface area contributed by atoms with Crippen molar-refractivity contribution in [3.63, 3.8) is 0 Å². The molecule has 2 aromatic carbocycles. The van der Waals surface area contributed by atoms with Crippen LogP contribution in [0.5, 0.6) is 0 Å². The van der Waals surface area contributed by atoms with E-state index in [-0.39, 0.29) is 6.61 Å². The highest BCUT2D eigenvalue weighted by atomic mass is 35.5. The zero-order valence-corrected chi connectivity index (χ0v) is 12.0. The highest BCUT2D eigenvalue weighted by molar-refractivity contribution is 6.31. The van der Waals surface area contributed by atoms with Crippen LogP contribution in [0, 0.1) is 6.92 Å². The van der Waals surface area contributed by atoms with Crippen LogP contribution in [0.15, 0.2) is 42.5 Å². The van der Waals surface area contributed by atoms with Gasteiger partial charge in [-0.25, -0.2) is 0 Å². The highest BCUT2D eigenvalue weighted by Gasteiger charge is 2.10. The second-order valence-electron chi connectivity index (χ2n) is 4.74. The molecule has 0 aromatic heterocycles. The molecule has 3 heteroatoms. The Labute approximate surface area is 119 Å². The minimum Gasteiger partial charge on any atom is -0.392 e. The quantitative estimate of drug-likeness (QED) is 0.918. The second-order valence-corrected chi connectivity index (χ2v) is 5.14. The lowest BCUT2D eigenvalue weighted by Gasteiger charge is -2.22. The zero-order valence-electron chi connectivity index (χ0n) is 11.2. The van der Waals surface area contributed by atoms with Crippen LogP contribution >= 0.6 is 11.6 Å². The van der Waals surface area contributed by atoms with Gasteiger partial charge in [0.2, 0.25) is 0 Å². The summed E-state index contributed by atoms with van der Waals surface area (Å²) < 4.78 is 0. The molecule has 0 heterocycles. The van der Waals surface area contributed by atoms with Gasteiger partial charge in [0.25, 0.3) is 0 Å². The molecule has 1 N–H and O–H groups in total. The number of benzene rings is 2. The molecule has 0 amide bonds. The molecule has 0 saturated carbocycles. The van der Waals surface area contributed by atoms with E-state index in [0.717, 1.165) is 17.8 Å². The summed E-state index contributed by atoms with van der Waals surface area (Å²) in [6, 6.07) is 14.1. The third-order valence-electron chi connectivity index (χ3n) is 3.20. The maximum atomic E-state index is 9.44. The highest BCUT2D eigenvalue weighted by Crippen LogP contribution is 2.27. The second kappa shape index (κ2) is 6.09. The van der Waals surface area contributed by atoms with E-state index < -0.39 is 0 Å². The summed E-state index contributed by atoms with van der Waals surface area (Å²) in [4.78, 5) is 2.10. The van der Waals surface area contributed by atoms with Crippen molar-refractivity contribution < 1.29 is 5.11 Å². The predicted octanol–water partition coefficient (Wildman–Crippen LogP) is 3.78. The first-order valence-corrected chi connectivity index (χ1v) is 6.64. The van der Waals surface area contributed by atoms with Gasteiger partial charge < -0.3 is 10.0 Å². The summed E-state index contributed by atoms with van der Waals surface area (Å²) in [6.45, 7) is 2.81. The molecule has 0 saturated heterocycles. The third-order valence-corrected chi connectivity index (χ3v) is 3.56. The fourth-order valence-corrected chi connectivity index (χ4v) is 2.34. The fourth-order valence-electron chi connectivity index (χ4n) is 2.11. The van der Waals surface area contributed by atoms with E-state index in [1.807, 2.05) is 19.2 Å². The number of hydrogen-bond donors (Lipinski definition) is 1. The standard InChI is InChI=1S/C16H18ClNO/c1-12-6-8-13(9-7-12)10-18(2)16-5-3-4-15(17)14(16)11-19/h3-9,19H,10-11H2,1-2H3. The van der Waals surface area contributed by atoms with Gasteiger partial charge in [0, 0.05) is 29.9 Å². The van der Waals surface area contributed by atoms with Crippen LogP contribution in [-0.4, -0.2) is 12.2 Å². The smallest absolute Gasteiger partial charge is 0.0716 e. The average Bonchev–Trinajstić information content (AvgIpc) is 2.41. The van der Waals surface area contributed by atoms with E-state index in [1.54, 1.807) is 6.07 Å². The number of aliphatic hydroxyl groups is 1. The van der Waals surface area contributed by atoms with Crippen LogP contribution in [0.2, 0.25) is 5.02 Å². The first kappa shape index (κ1) is 13.9. The molecule has 0 aliphatic carbocycles. The van der Waals surface area contributed by atoms with Gasteiger partial charge in [-0.15, -0.1) is 0 Å². The Balaban J connectivity index is 2.22. The lowest BCUT2D eigenvalue weighted by molar-refractivity contribution is 0.282. The Kier molecular flexibility index (Phi) is 4.46. The number of hydrogen-bond acceptors (Lipinski definition) is 2. The number of rotatable bonds is 4. The van der Waals surface area contributed by atoms with Crippen molar-refractivity contribution in [2.75, 3.05) is 11.9 Å². The lowest BCUT2D eigenvalue weighted by atomic mass is 10.1. The van der Waals surface area contributed by atoms with E-state index in [9.17, 15) is 5.11 Å². The van der Waals surface area contributed by atoms with Gasteiger partial charge in [0.05, 0.1) is 6.61 Å². The van der Waals surface area contributed by atoms with Crippen molar-refractivity contribution in [2.45, 2.75) is 20.1 Å².